The molecule has 4 rings (SSSR count). The fraction of sp³-hybridized carbons (Fsp3) is 0.267. The van der Waals surface area contributed by atoms with E-state index in [1.54, 1.807) is 4.52 Å². The van der Waals surface area contributed by atoms with Crippen LogP contribution in [0, 0.1) is 0 Å². The SMILES string of the molecule is O=C1CCN(c2nn3cc(-c4ccc(Cl)cc4)nc3s2)CCN1. The maximum Gasteiger partial charge on any atom is 0.221 e. The van der Waals surface area contributed by atoms with Crippen LogP contribution in [0.4, 0.5) is 5.13 Å². The molecule has 1 N–H and O–H groups in total. The second-order valence-electron chi connectivity index (χ2n) is 5.33. The number of fused-ring (bicyclic) bond motifs is 1. The average molecular weight is 348 g/mol. The van der Waals surface area contributed by atoms with Gasteiger partial charge in [0.1, 0.15) is 0 Å². The van der Waals surface area contributed by atoms with Crippen molar-refractivity contribution in [3.05, 3.63) is 35.5 Å². The zero-order valence-corrected chi connectivity index (χ0v) is 13.8. The number of anilines is 1. The predicted molar refractivity (Wildman–Crippen MR) is 91.1 cm³/mol. The molecule has 0 spiro atoms. The van der Waals surface area contributed by atoms with E-state index >= 15 is 0 Å². The van der Waals surface area contributed by atoms with E-state index in [9.17, 15) is 4.79 Å². The van der Waals surface area contributed by atoms with Gasteiger partial charge in [-0.1, -0.05) is 35.1 Å². The monoisotopic (exact) mass is 347 g/mol. The molecule has 0 atom stereocenters. The number of benzene rings is 1. The Morgan fingerprint density at radius 2 is 2.04 bits per heavy atom. The molecule has 2 aromatic heterocycles. The Labute approximate surface area is 141 Å². The normalized spacial score (nSPS) is 15.7. The highest BCUT2D eigenvalue weighted by atomic mass is 35.5. The quantitative estimate of drug-likeness (QED) is 0.773. The van der Waals surface area contributed by atoms with Gasteiger partial charge in [0.25, 0.3) is 0 Å². The van der Waals surface area contributed by atoms with E-state index in [4.69, 9.17) is 11.6 Å². The highest BCUT2D eigenvalue weighted by Crippen LogP contribution is 2.27. The number of imidazole rings is 1. The predicted octanol–water partition coefficient (Wildman–Crippen LogP) is 2.44. The number of rotatable bonds is 2. The molecule has 1 aliphatic heterocycles. The Bertz CT molecular complexity index is 825. The summed E-state index contributed by atoms with van der Waals surface area (Å²) in [5, 5.41) is 9.07. The molecule has 118 valence electrons. The lowest BCUT2D eigenvalue weighted by Crippen LogP contribution is -2.28. The van der Waals surface area contributed by atoms with Gasteiger partial charge in [0.15, 0.2) is 0 Å². The molecule has 3 heterocycles. The summed E-state index contributed by atoms with van der Waals surface area (Å²) in [6, 6.07) is 7.60. The molecule has 23 heavy (non-hydrogen) atoms. The third-order valence-electron chi connectivity index (χ3n) is 3.76. The molecule has 1 fully saturated rings. The van der Waals surface area contributed by atoms with Gasteiger partial charge in [-0.2, -0.15) is 0 Å². The molecular formula is C15H14ClN5OS. The number of aromatic nitrogens is 3. The Morgan fingerprint density at radius 3 is 2.83 bits per heavy atom. The number of carbonyl (C=O) groups excluding carboxylic acids is 1. The third-order valence-corrected chi connectivity index (χ3v) is 4.99. The van der Waals surface area contributed by atoms with E-state index in [-0.39, 0.29) is 5.91 Å². The fourth-order valence-electron chi connectivity index (χ4n) is 2.54. The zero-order chi connectivity index (χ0) is 15.8. The van der Waals surface area contributed by atoms with Crippen LogP contribution in [0.1, 0.15) is 6.42 Å². The molecule has 1 saturated heterocycles. The smallest absolute Gasteiger partial charge is 0.221 e. The number of nitrogens with one attached hydrogen (secondary N) is 1. The summed E-state index contributed by atoms with van der Waals surface area (Å²) < 4.78 is 1.80. The molecule has 1 aliphatic rings. The van der Waals surface area contributed by atoms with Crippen molar-refractivity contribution in [2.75, 3.05) is 24.5 Å². The van der Waals surface area contributed by atoms with Crippen LogP contribution in [-0.4, -0.2) is 40.1 Å². The highest BCUT2D eigenvalue weighted by molar-refractivity contribution is 7.20. The van der Waals surface area contributed by atoms with E-state index in [0.29, 0.717) is 24.5 Å². The standard InChI is InChI=1S/C15H14ClN5OS/c16-11-3-1-10(2-4-11)12-9-21-14(18-12)23-15(19-21)20-7-5-13(22)17-6-8-20/h1-4,9H,5-8H2,(H,17,22). The van der Waals surface area contributed by atoms with Crippen molar-refractivity contribution in [1.29, 1.82) is 0 Å². The second kappa shape index (κ2) is 5.82. The van der Waals surface area contributed by atoms with Gasteiger partial charge >= 0.3 is 0 Å². The molecule has 0 saturated carbocycles. The molecule has 6 nitrogen and oxygen atoms in total. The molecule has 0 unspecified atom stereocenters. The summed E-state index contributed by atoms with van der Waals surface area (Å²) in [7, 11) is 0. The number of hydrogen-bond donors (Lipinski definition) is 1. The largest absolute Gasteiger partial charge is 0.354 e. The molecule has 3 aromatic rings. The number of nitrogens with zero attached hydrogens (tertiary/aromatic N) is 4. The molecule has 8 heteroatoms. The minimum absolute atomic E-state index is 0.0962. The number of hydrogen-bond acceptors (Lipinski definition) is 5. The van der Waals surface area contributed by atoms with Crippen LogP contribution in [0.25, 0.3) is 16.2 Å². The van der Waals surface area contributed by atoms with Gasteiger partial charge in [0, 0.05) is 36.6 Å². The van der Waals surface area contributed by atoms with E-state index in [1.165, 1.54) is 11.3 Å². The molecule has 0 radical (unpaired) electrons. The van der Waals surface area contributed by atoms with E-state index < -0.39 is 0 Å². The number of halogens is 1. The second-order valence-corrected chi connectivity index (χ2v) is 6.70. The minimum atomic E-state index is 0.0962. The van der Waals surface area contributed by atoms with Gasteiger partial charge in [-0.25, -0.2) is 9.50 Å². The van der Waals surface area contributed by atoms with Crippen molar-refractivity contribution < 1.29 is 4.79 Å². The molecule has 0 aliphatic carbocycles. The first-order valence-corrected chi connectivity index (χ1v) is 8.52. The van der Waals surface area contributed by atoms with Crippen molar-refractivity contribution in [3.8, 4) is 11.3 Å². The highest BCUT2D eigenvalue weighted by Gasteiger charge is 2.18. The van der Waals surface area contributed by atoms with Crippen molar-refractivity contribution in [1.82, 2.24) is 19.9 Å². The van der Waals surface area contributed by atoms with Gasteiger partial charge in [-0.3, -0.25) is 4.79 Å². The van der Waals surface area contributed by atoms with Gasteiger partial charge < -0.3 is 10.2 Å². The van der Waals surface area contributed by atoms with Crippen LogP contribution in [0.5, 0.6) is 0 Å². The van der Waals surface area contributed by atoms with Crippen LogP contribution >= 0.6 is 22.9 Å². The fourth-order valence-corrected chi connectivity index (χ4v) is 3.60. The maximum atomic E-state index is 11.4. The summed E-state index contributed by atoms with van der Waals surface area (Å²) in [6.07, 6.45) is 2.41. The molecule has 0 bridgehead atoms. The molecule has 1 aromatic carbocycles. The number of carbonyl (C=O) groups is 1. The van der Waals surface area contributed by atoms with Crippen molar-refractivity contribution in [2.45, 2.75) is 6.42 Å². The van der Waals surface area contributed by atoms with E-state index in [2.05, 4.69) is 20.3 Å². The lowest BCUT2D eigenvalue weighted by atomic mass is 10.2. The lowest BCUT2D eigenvalue weighted by Gasteiger charge is -2.16. The Kier molecular flexibility index (Phi) is 3.66. The summed E-state index contributed by atoms with van der Waals surface area (Å²) in [4.78, 5) is 19.0. The van der Waals surface area contributed by atoms with Crippen molar-refractivity contribution in [2.24, 2.45) is 0 Å². The summed E-state index contributed by atoms with van der Waals surface area (Å²) >= 11 is 7.45. The third kappa shape index (κ3) is 2.89. The number of amides is 1. The van der Waals surface area contributed by atoms with Gasteiger partial charge in [0.05, 0.1) is 11.9 Å². The molecule has 1 amide bonds. The first kappa shape index (κ1) is 14.5. The Balaban J connectivity index is 1.61. The van der Waals surface area contributed by atoms with Crippen molar-refractivity contribution >= 4 is 38.9 Å². The van der Waals surface area contributed by atoms with Gasteiger partial charge in [-0.05, 0) is 12.1 Å². The first-order valence-electron chi connectivity index (χ1n) is 7.33. The zero-order valence-electron chi connectivity index (χ0n) is 12.2. The summed E-state index contributed by atoms with van der Waals surface area (Å²) in [5.41, 5.74) is 1.89. The van der Waals surface area contributed by atoms with Gasteiger partial charge in [0.2, 0.25) is 16.0 Å². The Hall–Kier alpha value is -2.12. The van der Waals surface area contributed by atoms with Crippen LogP contribution in [-0.2, 0) is 4.79 Å². The van der Waals surface area contributed by atoms with E-state index in [0.717, 1.165) is 27.9 Å². The minimum Gasteiger partial charge on any atom is -0.354 e. The first-order chi connectivity index (χ1) is 11.2. The van der Waals surface area contributed by atoms with Crippen LogP contribution in [0.3, 0.4) is 0 Å². The van der Waals surface area contributed by atoms with Crippen LogP contribution in [0.15, 0.2) is 30.5 Å². The summed E-state index contributed by atoms with van der Waals surface area (Å²) in [5.74, 6) is 0.0962. The van der Waals surface area contributed by atoms with Gasteiger partial charge in [-0.15, -0.1) is 5.10 Å². The average Bonchev–Trinajstić information content (AvgIpc) is 3.03. The van der Waals surface area contributed by atoms with E-state index in [1.807, 2.05) is 30.5 Å². The van der Waals surface area contributed by atoms with Crippen LogP contribution in [0.2, 0.25) is 5.02 Å². The maximum absolute atomic E-state index is 11.4. The topological polar surface area (TPSA) is 62.5 Å². The Morgan fingerprint density at radius 1 is 1.22 bits per heavy atom. The molecular weight excluding hydrogens is 334 g/mol. The van der Waals surface area contributed by atoms with Crippen LogP contribution < -0.4 is 10.2 Å². The van der Waals surface area contributed by atoms with Crippen molar-refractivity contribution in [3.63, 3.8) is 0 Å². The summed E-state index contributed by atoms with van der Waals surface area (Å²) in [6.45, 7) is 2.11. The lowest BCUT2D eigenvalue weighted by molar-refractivity contribution is -0.120.